The summed E-state index contributed by atoms with van der Waals surface area (Å²) < 4.78 is 12.0. The standard InChI is InChI=1S/C20H21N3O4S/c1-26-15-8-9-16(18(12-15)27-2)17(24)13-28-20-22-21-19(25)23(20)11-10-14-6-4-3-5-7-14/h3-9,12H,10-11,13H2,1-2H3,(H,21,25). The summed E-state index contributed by atoms with van der Waals surface area (Å²) in [5.41, 5.74) is 1.31. The number of ether oxygens (including phenoxy) is 2. The number of methoxy groups -OCH3 is 2. The number of ketones is 1. The highest BCUT2D eigenvalue weighted by molar-refractivity contribution is 7.99. The Bertz CT molecular complexity index is 998. The van der Waals surface area contributed by atoms with Crippen molar-refractivity contribution in [2.45, 2.75) is 18.1 Å². The molecule has 0 fully saturated rings. The van der Waals surface area contributed by atoms with Crippen LogP contribution in [0.15, 0.2) is 58.5 Å². The first kappa shape index (κ1) is 19.8. The highest BCUT2D eigenvalue weighted by Gasteiger charge is 2.16. The first-order chi connectivity index (χ1) is 13.6. The van der Waals surface area contributed by atoms with Gasteiger partial charge in [0.05, 0.1) is 25.5 Å². The van der Waals surface area contributed by atoms with Crippen molar-refractivity contribution < 1.29 is 14.3 Å². The van der Waals surface area contributed by atoms with Gasteiger partial charge in [-0.3, -0.25) is 9.36 Å². The van der Waals surface area contributed by atoms with Gasteiger partial charge in [-0.2, -0.15) is 0 Å². The summed E-state index contributed by atoms with van der Waals surface area (Å²) in [4.78, 5) is 24.7. The van der Waals surface area contributed by atoms with Crippen LogP contribution in [-0.4, -0.2) is 40.5 Å². The van der Waals surface area contributed by atoms with Crippen LogP contribution in [0.5, 0.6) is 11.5 Å². The largest absolute Gasteiger partial charge is 0.497 e. The summed E-state index contributed by atoms with van der Waals surface area (Å²) in [5.74, 6) is 1.09. The number of carbonyl (C=O) groups excluding carboxylic acids is 1. The third kappa shape index (κ3) is 4.64. The molecule has 1 N–H and O–H groups in total. The summed E-state index contributed by atoms with van der Waals surface area (Å²) in [7, 11) is 3.06. The zero-order chi connectivity index (χ0) is 19.9. The SMILES string of the molecule is COc1ccc(C(=O)CSc2n[nH]c(=O)n2CCc2ccccc2)c(OC)c1. The van der Waals surface area contributed by atoms with Gasteiger partial charge < -0.3 is 9.47 Å². The van der Waals surface area contributed by atoms with Crippen molar-refractivity contribution in [3.8, 4) is 11.5 Å². The molecule has 0 bridgehead atoms. The average Bonchev–Trinajstić information content (AvgIpc) is 3.10. The van der Waals surface area contributed by atoms with E-state index >= 15 is 0 Å². The maximum Gasteiger partial charge on any atom is 0.343 e. The van der Waals surface area contributed by atoms with E-state index in [0.717, 1.165) is 5.56 Å². The first-order valence-corrected chi connectivity index (χ1v) is 9.68. The molecular weight excluding hydrogens is 378 g/mol. The zero-order valence-corrected chi connectivity index (χ0v) is 16.5. The Morgan fingerprint density at radius 3 is 2.64 bits per heavy atom. The van der Waals surface area contributed by atoms with Gasteiger partial charge in [0.1, 0.15) is 11.5 Å². The predicted molar refractivity (Wildman–Crippen MR) is 108 cm³/mol. The van der Waals surface area contributed by atoms with Crippen molar-refractivity contribution in [1.82, 2.24) is 14.8 Å². The number of Topliss-reactive ketones (excluding diaryl/α,β-unsaturated/α-hetero) is 1. The van der Waals surface area contributed by atoms with Gasteiger partial charge in [-0.1, -0.05) is 42.1 Å². The number of thioether (sulfide) groups is 1. The maximum atomic E-state index is 12.6. The Morgan fingerprint density at radius 2 is 1.93 bits per heavy atom. The molecule has 28 heavy (non-hydrogen) atoms. The van der Waals surface area contributed by atoms with Gasteiger partial charge in [0.25, 0.3) is 0 Å². The van der Waals surface area contributed by atoms with Crippen LogP contribution in [0.3, 0.4) is 0 Å². The Kier molecular flexibility index (Phi) is 6.54. The molecule has 3 aromatic rings. The van der Waals surface area contributed by atoms with Gasteiger partial charge in [0, 0.05) is 12.6 Å². The topological polar surface area (TPSA) is 86.2 Å². The van der Waals surface area contributed by atoms with E-state index in [0.29, 0.717) is 35.2 Å². The lowest BCUT2D eigenvalue weighted by molar-refractivity contribution is 0.101. The second kappa shape index (κ2) is 9.27. The van der Waals surface area contributed by atoms with Crippen molar-refractivity contribution in [2.24, 2.45) is 0 Å². The molecule has 1 heterocycles. The average molecular weight is 399 g/mol. The third-order valence-corrected chi connectivity index (χ3v) is 5.21. The normalized spacial score (nSPS) is 10.6. The number of carbonyl (C=O) groups is 1. The van der Waals surface area contributed by atoms with Crippen LogP contribution >= 0.6 is 11.8 Å². The number of aromatic amines is 1. The molecule has 3 rings (SSSR count). The van der Waals surface area contributed by atoms with Crippen LogP contribution in [0.25, 0.3) is 0 Å². The van der Waals surface area contributed by atoms with E-state index < -0.39 is 0 Å². The molecule has 8 heteroatoms. The van der Waals surface area contributed by atoms with Gasteiger partial charge >= 0.3 is 5.69 Å². The van der Waals surface area contributed by atoms with E-state index in [9.17, 15) is 9.59 Å². The lowest BCUT2D eigenvalue weighted by Crippen LogP contribution is -2.19. The van der Waals surface area contributed by atoms with Crippen LogP contribution in [-0.2, 0) is 13.0 Å². The molecule has 0 aliphatic rings. The monoisotopic (exact) mass is 399 g/mol. The number of nitrogens with one attached hydrogen (secondary N) is 1. The summed E-state index contributed by atoms with van der Waals surface area (Å²) in [6.07, 6.45) is 0.702. The molecule has 0 unspecified atom stereocenters. The van der Waals surface area contributed by atoms with Crippen LogP contribution < -0.4 is 15.2 Å². The van der Waals surface area contributed by atoms with E-state index in [-0.39, 0.29) is 17.2 Å². The molecule has 0 aliphatic carbocycles. The smallest absolute Gasteiger partial charge is 0.343 e. The molecule has 0 amide bonds. The second-order valence-electron chi connectivity index (χ2n) is 5.98. The molecule has 2 aromatic carbocycles. The molecule has 0 saturated carbocycles. The highest BCUT2D eigenvalue weighted by atomic mass is 32.2. The minimum atomic E-state index is -0.284. The molecule has 7 nitrogen and oxygen atoms in total. The van der Waals surface area contributed by atoms with Gasteiger partial charge in [-0.05, 0) is 24.1 Å². The fraction of sp³-hybridized carbons (Fsp3) is 0.250. The number of rotatable bonds is 9. The second-order valence-corrected chi connectivity index (χ2v) is 6.92. The zero-order valence-electron chi connectivity index (χ0n) is 15.7. The van der Waals surface area contributed by atoms with Crippen LogP contribution in [0.2, 0.25) is 0 Å². The van der Waals surface area contributed by atoms with E-state index in [1.165, 1.54) is 18.9 Å². The Balaban J connectivity index is 1.68. The fourth-order valence-electron chi connectivity index (χ4n) is 2.73. The molecule has 0 spiro atoms. The molecule has 146 valence electrons. The molecule has 1 aromatic heterocycles. The number of aryl methyl sites for hydroxylation is 1. The number of hydrogen-bond acceptors (Lipinski definition) is 6. The van der Waals surface area contributed by atoms with Gasteiger partial charge in [0.15, 0.2) is 10.9 Å². The molecule has 0 radical (unpaired) electrons. The molecular formula is C20H21N3O4S. The number of nitrogens with zero attached hydrogens (tertiary/aromatic N) is 2. The van der Waals surface area contributed by atoms with Crippen LogP contribution in [0.4, 0.5) is 0 Å². The Morgan fingerprint density at radius 1 is 1.14 bits per heavy atom. The van der Waals surface area contributed by atoms with Crippen molar-refractivity contribution in [1.29, 1.82) is 0 Å². The lowest BCUT2D eigenvalue weighted by Gasteiger charge is -2.09. The number of aromatic nitrogens is 3. The van der Waals surface area contributed by atoms with Crippen molar-refractivity contribution >= 4 is 17.5 Å². The van der Waals surface area contributed by atoms with Crippen LogP contribution in [0, 0.1) is 0 Å². The minimum Gasteiger partial charge on any atom is -0.497 e. The summed E-state index contributed by atoms with van der Waals surface area (Å²) in [5, 5.41) is 6.99. The van der Waals surface area contributed by atoms with Crippen molar-refractivity contribution in [2.75, 3.05) is 20.0 Å². The Labute approximate surface area is 166 Å². The number of benzene rings is 2. The fourth-order valence-corrected chi connectivity index (χ4v) is 3.59. The van der Waals surface area contributed by atoms with Crippen molar-refractivity contribution in [3.05, 3.63) is 70.1 Å². The minimum absolute atomic E-state index is 0.116. The predicted octanol–water partition coefficient (Wildman–Crippen LogP) is 2.81. The Hall–Kier alpha value is -3.00. The van der Waals surface area contributed by atoms with E-state index in [2.05, 4.69) is 10.2 Å². The number of H-pyrrole nitrogens is 1. The van der Waals surface area contributed by atoms with E-state index in [4.69, 9.17) is 9.47 Å². The summed E-state index contributed by atoms with van der Waals surface area (Å²) >= 11 is 1.22. The molecule has 0 aliphatic heterocycles. The number of hydrogen-bond donors (Lipinski definition) is 1. The highest BCUT2D eigenvalue weighted by Crippen LogP contribution is 2.26. The third-order valence-electron chi connectivity index (χ3n) is 4.23. The van der Waals surface area contributed by atoms with E-state index in [1.807, 2.05) is 30.3 Å². The molecule has 0 saturated heterocycles. The summed E-state index contributed by atoms with van der Waals surface area (Å²) in [6.45, 7) is 0.488. The quantitative estimate of drug-likeness (QED) is 0.440. The van der Waals surface area contributed by atoms with E-state index in [1.54, 1.807) is 29.9 Å². The summed E-state index contributed by atoms with van der Waals surface area (Å²) in [6, 6.07) is 15.0. The molecule has 0 atom stereocenters. The van der Waals surface area contributed by atoms with Crippen molar-refractivity contribution in [3.63, 3.8) is 0 Å². The van der Waals surface area contributed by atoms with Gasteiger partial charge in [-0.25, -0.2) is 9.89 Å². The van der Waals surface area contributed by atoms with Crippen LogP contribution in [0.1, 0.15) is 15.9 Å². The van der Waals surface area contributed by atoms with Gasteiger partial charge in [-0.15, -0.1) is 5.10 Å². The van der Waals surface area contributed by atoms with Gasteiger partial charge in [0.2, 0.25) is 0 Å². The first-order valence-electron chi connectivity index (χ1n) is 8.69. The maximum absolute atomic E-state index is 12.6. The lowest BCUT2D eigenvalue weighted by atomic mass is 10.1.